The lowest BCUT2D eigenvalue weighted by atomic mass is 10.1. The van der Waals surface area contributed by atoms with Crippen molar-refractivity contribution < 1.29 is 4.79 Å². The van der Waals surface area contributed by atoms with E-state index in [-0.39, 0.29) is 11.9 Å². The molecule has 5 heteroatoms. The van der Waals surface area contributed by atoms with Crippen LogP contribution in [0.15, 0.2) is 46.9 Å². The maximum Gasteiger partial charge on any atom is 0.226 e. The van der Waals surface area contributed by atoms with Gasteiger partial charge in [-0.15, -0.1) is 0 Å². The first-order valence-corrected chi connectivity index (χ1v) is 8.50. The molecule has 0 aliphatic heterocycles. The van der Waals surface area contributed by atoms with Gasteiger partial charge in [-0.1, -0.05) is 46.3 Å². The highest BCUT2D eigenvalue weighted by atomic mass is 79.9. The van der Waals surface area contributed by atoms with Crippen molar-refractivity contribution in [2.45, 2.75) is 25.3 Å². The molecular formula is C18H16BrN3O. The summed E-state index contributed by atoms with van der Waals surface area (Å²) in [5.41, 5.74) is 4.29. The smallest absolute Gasteiger partial charge is 0.226 e. The Labute approximate surface area is 142 Å². The fourth-order valence-electron chi connectivity index (χ4n) is 3.31. The summed E-state index contributed by atoms with van der Waals surface area (Å²) in [5, 5.41) is 11.4. The zero-order chi connectivity index (χ0) is 15.8. The van der Waals surface area contributed by atoms with Crippen LogP contribution in [0.25, 0.3) is 10.9 Å². The quantitative estimate of drug-likeness (QED) is 0.739. The minimum atomic E-state index is 0.0252. The minimum absolute atomic E-state index is 0.0252. The fourth-order valence-corrected chi connectivity index (χ4v) is 3.89. The normalized spacial score (nSPS) is 16.5. The number of benzene rings is 2. The van der Waals surface area contributed by atoms with E-state index in [4.69, 9.17) is 0 Å². The number of halogens is 1. The standard InChI is InChI=1S/C18H16BrN3O/c19-14-6-3-5-12-11(14)8-9-15(12)20-18(23)10-17-13-4-1-2-7-16(13)21-22-17/h1-7,15H,8-10H2,(H,20,23)(H,21,22). The van der Waals surface area contributed by atoms with E-state index in [1.54, 1.807) is 0 Å². The maximum atomic E-state index is 12.4. The van der Waals surface area contributed by atoms with Gasteiger partial charge in [0, 0.05) is 9.86 Å². The molecule has 23 heavy (non-hydrogen) atoms. The van der Waals surface area contributed by atoms with Crippen molar-refractivity contribution in [2.24, 2.45) is 0 Å². The van der Waals surface area contributed by atoms with Gasteiger partial charge < -0.3 is 5.32 Å². The van der Waals surface area contributed by atoms with Crippen molar-refractivity contribution in [1.82, 2.24) is 15.5 Å². The highest BCUT2D eigenvalue weighted by Crippen LogP contribution is 2.35. The van der Waals surface area contributed by atoms with Crippen LogP contribution in [-0.4, -0.2) is 16.1 Å². The number of fused-ring (bicyclic) bond motifs is 2. The molecule has 116 valence electrons. The molecule has 1 aliphatic rings. The highest BCUT2D eigenvalue weighted by Gasteiger charge is 2.25. The summed E-state index contributed by atoms with van der Waals surface area (Å²) in [4.78, 5) is 12.4. The number of hydrogen-bond donors (Lipinski definition) is 2. The lowest BCUT2D eigenvalue weighted by Crippen LogP contribution is -2.28. The van der Waals surface area contributed by atoms with E-state index in [1.165, 1.54) is 11.1 Å². The van der Waals surface area contributed by atoms with Crippen LogP contribution in [0.1, 0.15) is 29.3 Å². The molecule has 1 atom stereocenters. The van der Waals surface area contributed by atoms with Crippen molar-refractivity contribution in [1.29, 1.82) is 0 Å². The van der Waals surface area contributed by atoms with Crippen molar-refractivity contribution in [3.8, 4) is 0 Å². The predicted octanol–water partition coefficient (Wildman–Crippen LogP) is 3.67. The average molecular weight is 370 g/mol. The lowest BCUT2D eigenvalue weighted by Gasteiger charge is -2.14. The minimum Gasteiger partial charge on any atom is -0.349 e. The third-order valence-electron chi connectivity index (χ3n) is 4.43. The van der Waals surface area contributed by atoms with Crippen molar-refractivity contribution in [3.05, 3.63) is 63.8 Å². The molecular weight excluding hydrogens is 354 g/mol. The molecule has 0 saturated heterocycles. The van der Waals surface area contributed by atoms with Crippen LogP contribution in [0, 0.1) is 0 Å². The van der Waals surface area contributed by atoms with Crippen LogP contribution < -0.4 is 5.32 Å². The first-order chi connectivity index (χ1) is 11.2. The van der Waals surface area contributed by atoms with Crippen LogP contribution in [-0.2, 0) is 17.6 Å². The van der Waals surface area contributed by atoms with Crippen molar-refractivity contribution >= 4 is 32.7 Å². The third kappa shape index (κ3) is 2.65. The van der Waals surface area contributed by atoms with Gasteiger partial charge in [0.25, 0.3) is 0 Å². The molecule has 0 fully saturated rings. The second kappa shape index (κ2) is 5.81. The molecule has 1 amide bonds. The largest absolute Gasteiger partial charge is 0.349 e. The Bertz CT molecular complexity index is 887. The number of hydrogen-bond acceptors (Lipinski definition) is 2. The number of rotatable bonds is 3. The number of aromatic nitrogens is 2. The number of carbonyl (C=O) groups excluding carboxylic acids is 1. The van der Waals surface area contributed by atoms with E-state index >= 15 is 0 Å². The molecule has 4 nitrogen and oxygen atoms in total. The van der Waals surface area contributed by atoms with Crippen LogP contribution in [0.4, 0.5) is 0 Å². The van der Waals surface area contributed by atoms with E-state index in [0.717, 1.165) is 33.9 Å². The molecule has 2 N–H and O–H groups in total. The van der Waals surface area contributed by atoms with Crippen LogP contribution in [0.2, 0.25) is 0 Å². The Morgan fingerprint density at radius 1 is 1.26 bits per heavy atom. The van der Waals surface area contributed by atoms with Gasteiger partial charge in [-0.2, -0.15) is 5.10 Å². The molecule has 1 aliphatic carbocycles. The third-order valence-corrected chi connectivity index (χ3v) is 5.17. The Balaban J connectivity index is 1.51. The molecule has 0 radical (unpaired) electrons. The Hall–Kier alpha value is -2.14. The van der Waals surface area contributed by atoms with E-state index in [9.17, 15) is 4.79 Å². The number of para-hydroxylation sites is 1. The van der Waals surface area contributed by atoms with Gasteiger partial charge in [0.05, 0.1) is 23.7 Å². The SMILES string of the molecule is O=C(Cc1[nH]nc2ccccc12)NC1CCc2c(Br)cccc21. The van der Waals surface area contributed by atoms with Gasteiger partial charge in [0.1, 0.15) is 0 Å². The molecule has 0 bridgehead atoms. The van der Waals surface area contributed by atoms with Crippen molar-refractivity contribution in [3.63, 3.8) is 0 Å². The second-order valence-corrected chi connectivity index (χ2v) is 6.72. The molecule has 3 aromatic rings. The zero-order valence-electron chi connectivity index (χ0n) is 12.5. The average Bonchev–Trinajstić information content (AvgIpc) is 3.14. The topological polar surface area (TPSA) is 57.8 Å². The van der Waals surface area contributed by atoms with Gasteiger partial charge >= 0.3 is 0 Å². The molecule has 1 unspecified atom stereocenters. The summed E-state index contributed by atoms with van der Waals surface area (Å²) in [6.07, 6.45) is 2.27. The zero-order valence-corrected chi connectivity index (χ0v) is 14.1. The van der Waals surface area contributed by atoms with E-state index in [2.05, 4.69) is 43.6 Å². The number of H-pyrrole nitrogens is 1. The number of nitrogens with zero attached hydrogens (tertiary/aromatic N) is 1. The summed E-state index contributed by atoms with van der Waals surface area (Å²) >= 11 is 3.59. The number of amides is 1. The summed E-state index contributed by atoms with van der Waals surface area (Å²) in [6.45, 7) is 0. The van der Waals surface area contributed by atoms with Gasteiger partial charge in [-0.05, 0) is 36.1 Å². The number of aromatic amines is 1. The molecule has 2 aromatic carbocycles. The molecule has 0 saturated carbocycles. The monoisotopic (exact) mass is 369 g/mol. The number of nitrogens with one attached hydrogen (secondary N) is 2. The Morgan fingerprint density at radius 3 is 3.04 bits per heavy atom. The fraction of sp³-hybridized carbons (Fsp3) is 0.222. The summed E-state index contributed by atoms with van der Waals surface area (Å²) in [5.74, 6) is 0.0252. The molecule has 0 spiro atoms. The second-order valence-electron chi connectivity index (χ2n) is 5.86. The van der Waals surface area contributed by atoms with Crippen LogP contribution in [0.3, 0.4) is 0 Å². The summed E-state index contributed by atoms with van der Waals surface area (Å²) in [7, 11) is 0. The Kier molecular flexibility index (Phi) is 3.65. The molecule has 4 rings (SSSR count). The van der Waals surface area contributed by atoms with Gasteiger partial charge in [0.2, 0.25) is 5.91 Å². The van der Waals surface area contributed by atoms with Crippen LogP contribution in [0.5, 0.6) is 0 Å². The predicted molar refractivity (Wildman–Crippen MR) is 93.1 cm³/mol. The van der Waals surface area contributed by atoms with Gasteiger partial charge in [0.15, 0.2) is 0 Å². The van der Waals surface area contributed by atoms with Gasteiger partial charge in [-0.3, -0.25) is 9.89 Å². The highest BCUT2D eigenvalue weighted by molar-refractivity contribution is 9.10. The molecule has 1 aromatic heterocycles. The Morgan fingerprint density at radius 2 is 2.13 bits per heavy atom. The lowest BCUT2D eigenvalue weighted by molar-refractivity contribution is -0.121. The van der Waals surface area contributed by atoms with E-state index in [0.29, 0.717) is 6.42 Å². The summed E-state index contributed by atoms with van der Waals surface area (Å²) < 4.78 is 1.13. The first-order valence-electron chi connectivity index (χ1n) is 7.71. The van der Waals surface area contributed by atoms with Gasteiger partial charge in [-0.25, -0.2) is 0 Å². The van der Waals surface area contributed by atoms with E-state index in [1.807, 2.05) is 30.3 Å². The first kappa shape index (κ1) is 14.5. The number of carbonyl (C=O) groups is 1. The van der Waals surface area contributed by atoms with Crippen LogP contribution >= 0.6 is 15.9 Å². The van der Waals surface area contributed by atoms with E-state index < -0.39 is 0 Å². The maximum absolute atomic E-state index is 12.4. The summed E-state index contributed by atoms with van der Waals surface area (Å²) in [6, 6.07) is 14.1. The molecule has 1 heterocycles. The van der Waals surface area contributed by atoms with Crippen molar-refractivity contribution in [2.75, 3.05) is 0 Å².